The molecule has 1 aliphatic heterocycles. The van der Waals surface area contributed by atoms with Crippen LogP contribution in [0.25, 0.3) is 11.1 Å². The third-order valence-electron chi connectivity index (χ3n) is 9.22. The van der Waals surface area contributed by atoms with E-state index in [1.807, 2.05) is 72.8 Å². The number of hydrogen-bond acceptors (Lipinski definition) is 5. The Morgan fingerprint density at radius 2 is 1.33 bits per heavy atom. The number of aliphatic hydroxyl groups is 1. The van der Waals surface area contributed by atoms with Gasteiger partial charge in [0.1, 0.15) is 5.56 Å². The number of likely N-dealkylation sites (N-methyl/N-ethyl adjacent to an activating group) is 1. The molecule has 1 fully saturated rings. The number of nitrogens with zero attached hydrogens (tertiary/aromatic N) is 1. The molecule has 6 rings (SSSR count). The van der Waals surface area contributed by atoms with Gasteiger partial charge in [-0.1, -0.05) is 97.9 Å². The zero-order valence-corrected chi connectivity index (χ0v) is 28.5. The molecule has 0 spiro atoms. The van der Waals surface area contributed by atoms with Crippen molar-refractivity contribution >= 4 is 5.91 Å². The molecule has 1 saturated heterocycles. The number of amides is 1. The smallest absolute Gasteiger partial charge is 0.257 e. The third kappa shape index (κ3) is 8.08. The van der Waals surface area contributed by atoms with Crippen LogP contribution in [-0.2, 0) is 29.2 Å². The SMILES string of the molecule is CC1C(CN(C)Cc2ccccc2)OC(c2cccc(-c3cccc(CNC(=O)c4c(F)c(F)c(F)c(F)c4F)c3)c2)OC1c1ccc(CO)cc1. The Morgan fingerprint density at radius 1 is 0.712 bits per heavy atom. The average Bonchev–Trinajstić information content (AvgIpc) is 3.17. The summed E-state index contributed by atoms with van der Waals surface area (Å²) in [6.07, 6.45) is -1.24. The molecule has 0 bridgehead atoms. The Bertz CT molecular complexity index is 2000. The second-order valence-electron chi connectivity index (χ2n) is 13.0. The zero-order valence-electron chi connectivity index (χ0n) is 28.5. The van der Waals surface area contributed by atoms with Crippen LogP contribution in [0, 0.1) is 35.0 Å². The van der Waals surface area contributed by atoms with Crippen molar-refractivity contribution in [1.29, 1.82) is 0 Å². The molecule has 11 heteroatoms. The molecule has 5 aromatic carbocycles. The van der Waals surface area contributed by atoms with Gasteiger partial charge in [-0.2, -0.15) is 0 Å². The van der Waals surface area contributed by atoms with Crippen molar-refractivity contribution in [3.63, 3.8) is 0 Å². The lowest BCUT2D eigenvalue weighted by Gasteiger charge is -2.42. The summed E-state index contributed by atoms with van der Waals surface area (Å²) in [6.45, 7) is 3.18. The number of ether oxygens (including phenoxy) is 2. The first-order chi connectivity index (χ1) is 25.0. The number of benzene rings is 5. The van der Waals surface area contributed by atoms with Gasteiger partial charge in [0, 0.05) is 31.1 Å². The van der Waals surface area contributed by atoms with Gasteiger partial charge in [0.05, 0.1) is 18.8 Å². The summed E-state index contributed by atoms with van der Waals surface area (Å²) < 4.78 is 82.5. The van der Waals surface area contributed by atoms with Gasteiger partial charge >= 0.3 is 0 Å². The molecule has 2 N–H and O–H groups in total. The van der Waals surface area contributed by atoms with Crippen LogP contribution in [0.2, 0.25) is 0 Å². The van der Waals surface area contributed by atoms with Gasteiger partial charge in [0.25, 0.3) is 5.91 Å². The Hall–Kier alpha value is -4.94. The van der Waals surface area contributed by atoms with E-state index in [1.165, 1.54) is 5.56 Å². The van der Waals surface area contributed by atoms with Crippen molar-refractivity contribution in [2.45, 2.75) is 45.1 Å². The van der Waals surface area contributed by atoms with E-state index in [4.69, 9.17) is 9.47 Å². The molecule has 270 valence electrons. The first-order valence-electron chi connectivity index (χ1n) is 16.8. The summed E-state index contributed by atoms with van der Waals surface area (Å²) in [5.41, 5.74) is 4.21. The highest BCUT2D eigenvalue weighted by molar-refractivity contribution is 5.94. The van der Waals surface area contributed by atoms with Crippen LogP contribution >= 0.6 is 0 Å². The molecule has 4 atom stereocenters. The predicted octanol–water partition coefficient (Wildman–Crippen LogP) is 8.39. The van der Waals surface area contributed by atoms with E-state index in [9.17, 15) is 31.9 Å². The van der Waals surface area contributed by atoms with Crippen molar-refractivity contribution in [2.75, 3.05) is 13.6 Å². The van der Waals surface area contributed by atoms with Gasteiger partial charge in [0.15, 0.2) is 29.6 Å². The highest BCUT2D eigenvalue weighted by atomic mass is 19.2. The number of carbonyl (C=O) groups excluding carboxylic acids is 1. The molecular weight excluding hydrogens is 679 g/mol. The van der Waals surface area contributed by atoms with Gasteiger partial charge in [0.2, 0.25) is 5.82 Å². The topological polar surface area (TPSA) is 71.0 Å². The van der Waals surface area contributed by atoms with Gasteiger partial charge in [-0.25, -0.2) is 22.0 Å². The molecule has 1 amide bonds. The summed E-state index contributed by atoms with van der Waals surface area (Å²) in [5, 5.41) is 11.8. The lowest BCUT2D eigenvalue weighted by atomic mass is 9.90. The molecule has 52 heavy (non-hydrogen) atoms. The zero-order chi connectivity index (χ0) is 36.9. The Labute approximate surface area is 298 Å². The van der Waals surface area contributed by atoms with Gasteiger partial charge in [-0.15, -0.1) is 0 Å². The summed E-state index contributed by atoms with van der Waals surface area (Å²) >= 11 is 0. The number of carbonyl (C=O) groups is 1. The van der Waals surface area contributed by atoms with Crippen molar-refractivity contribution in [3.05, 3.63) is 166 Å². The number of rotatable bonds is 11. The van der Waals surface area contributed by atoms with Crippen LogP contribution in [-0.4, -0.2) is 35.6 Å². The molecular formula is C41H37F5N2O4. The number of aliphatic hydroxyl groups excluding tert-OH is 1. The van der Waals surface area contributed by atoms with Crippen molar-refractivity contribution in [2.24, 2.45) is 5.92 Å². The maximum atomic E-state index is 14.2. The van der Waals surface area contributed by atoms with Gasteiger partial charge in [-0.3, -0.25) is 9.69 Å². The van der Waals surface area contributed by atoms with Crippen LogP contribution in [0.5, 0.6) is 0 Å². The maximum absolute atomic E-state index is 14.2. The molecule has 0 aromatic heterocycles. The number of nitrogens with one attached hydrogen (secondary N) is 1. The second kappa shape index (κ2) is 16.2. The Balaban J connectivity index is 1.22. The molecule has 4 unspecified atom stereocenters. The van der Waals surface area contributed by atoms with Crippen LogP contribution < -0.4 is 5.32 Å². The van der Waals surface area contributed by atoms with Crippen molar-refractivity contribution in [3.8, 4) is 11.1 Å². The lowest BCUT2D eigenvalue weighted by molar-refractivity contribution is -0.276. The summed E-state index contributed by atoms with van der Waals surface area (Å²) in [5.74, 6) is -12.6. The lowest BCUT2D eigenvalue weighted by Crippen LogP contribution is -2.43. The first-order valence-corrected chi connectivity index (χ1v) is 16.8. The minimum Gasteiger partial charge on any atom is -0.392 e. The third-order valence-corrected chi connectivity index (χ3v) is 9.22. The predicted molar refractivity (Wildman–Crippen MR) is 185 cm³/mol. The quantitative estimate of drug-likeness (QED) is 0.0817. The monoisotopic (exact) mass is 716 g/mol. The average molecular weight is 717 g/mol. The molecule has 1 heterocycles. The molecule has 0 radical (unpaired) electrons. The van der Waals surface area contributed by atoms with E-state index in [0.717, 1.165) is 34.4 Å². The molecule has 5 aromatic rings. The summed E-state index contributed by atoms with van der Waals surface area (Å²) in [4.78, 5) is 14.7. The minimum atomic E-state index is -2.34. The highest BCUT2D eigenvalue weighted by Crippen LogP contribution is 2.42. The first kappa shape index (κ1) is 36.8. The summed E-state index contributed by atoms with van der Waals surface area (Å²) in [6, 6.07) is 32.4. The fourth-order valence-corrected chi connectivity index (χ4v) is 6.40. The molecule has 6 nitrogen and oxygen atoms in total. The van der Waals surface area contributed by atoms with Crippen molar-refractivity contribution < 1.29 is 41.3 Å². The van der Waals surface area contributed by atoms with Crippen LogP contribution in [0.4, 0.5) is 22.0 Å². The maximum Gasteiger partial charge on any atom is 0.257 e. The Morgan fingerprint density at radius 3 is 2.00 bits per heavy atom. The highest BCUT2D eigenvalue weighted by Gasteiger charge is 2.39. The molecule has 0 aliphatic carbocycles. The number of halogens is 5. The van der Waals surface area contributed by atoms with Crippen LogP contribution in [0.3, 0.4) is 0 Å². The normalized spacial score (nSPS) is 18.8. The van der Waals surface area contributed by atoms with E-state index in [2.05, 4.69) is 36.3 Å². The standard InChI is InChI=1S/C41H37F5N2O4/c1-24-32(22-48(2)21-25-8-4-3-5-9-25)51-41(52-39(24)28-16-14-26(23-49)15-17-28)31-13-7-12-30(19-31)29-11-6-10-27(18-29)20-47-40(50)33-34(42)36(44)38(46)37(45)35(33)43/h3-19,24,32,39,41,49H,20-23H2,1-2H3,(H,47,50). The van der Waals surface area contributed by atoms with E-state index >= 15 is 0 Å². The Kier molecular flexibility index (Phi) is 11.5. The van der Waals surface area contributed by atoms with Gasteiger partial charge < -0.3 is 19.9 Å². The van der Waals surface area contributed by atoms with Crippen LogP contribution in [0.15, 0.2) is 103 Å². The van der Waals surface area contributed by atoms with Crippen molar-refractivity contribution in [1.82, 2.24) is 10.2 Å². The molecule has 1 aliphatic rings. The summed E-state index contributed by atoms with van der Waals surface area (Å²) in [7, 11) is 2.05. The fourth-order valence-electron chi connectivity index (χ4n) is 6.40. The molecule has 0 saturated carbocycles. The van der Waals surface area contributed by atoms with E-state index in [0.29, 0.717) is 12.1 Å². The second-order valence-corrected chi connectivity index (χ2v) is 13.0. The minimum absolute atomic E-state index is 0.0191. The van der Waals surface area contributed by atoms with E-state index in [1.54, 1.807) is 18.2 Å². The van der Waals surface area contributed by atoms with Crippen LogP contribution in [0.1, 0.15) is 57.5 Å². The number of hydrogen-bond donors (Lipinski definition) is 2. The van der Waals surface area contributed by atoms with E-state index in [-0.39, 0.29) is 31.3 Å². The largest absolute Gasteiger partial charge is 0.392 e. The van der Waals surface area contributed by atoms with E-state index < -0.39 is 46.8 Å². The van der Waals surface area contributed by atoms with Gasteiger partial charge in [-0.05, 0) is 52.6 Å². The fraction of sp³-hybridized carbons (Fsp3) is 0.244.